The average molecular weight is 454 g/mol. The minimum Gasteiger partial charge on any atom is -0.444 e. The normalized spacial score (nSPS) is 14.2. The van der Waals surface area contributed by atoms with E-state index in [4.69, 9.17) is 4.74 Å². The van der Waals surface area contributed by atoms with Gasteiger partial charge in [0.25, 0.3) is 5.91 Å². The van der Waals surface area contributed by atoms with E-state index in [2.05, 4.69) is 25.8 Å². The smallest absolute Gasteiger partial charge is 0.412 e. The van der Waals surface area contributed by atoms with Crippen molar-refractivity contribution in [1.29, 1.82) is 0 Å². The lowest BCUT2D eigenvalue weighted by molar-refractivity contribution is 0.0635. The number of rotatable bonds is 9. The molecule has 0 bridgehead atoms. The molecule has 8 heteroatoms. The van der Waals surface area contributed by atoms with Gasteiger partial charge in [0.2, 0.25) is 0 Å². The Morgan fingerprint density at radius 3 is 2.36 bits per heavy atom. The molecule has 1 fully saturated rings. The molecule has 0 radical (unpaired) electrons. The molecule has 1 aromatic heterocycles. The molecule has 8 nitrogen and oxygen atoms in total. The lowest BCUT2D eigenvalue weighted by Gasteiger charge is -2.20. The van der Waals surface area contributed by atoms with Crippen LogP contribution in [0.25, 0.3) is 0 Å². The van der Waals surface area contributed by atoms with E-state index in [-0.39, 0.29) is 5.91 Å². The number of benzene rings is 1. The van der Waals surface area contributed by atoms with Crippen molar-refractivity contribution in [1.82, 2.24) is 15.2 Å². The molecule has 0 spiro atoms. The molecule has 1 aliphatic rings. The Bertz CT molecular complexity index is 918. The van der Waals surface area contributed by atoms with Gasteiger partial charge in [-0.15, -0.1) is 0 Å². The fourth-order valence-corrected chi connectivity index (χ4v) is 3.63. The van der Waals surface area contributed by atoms with Crippen LogP contribution in [0.1, 0.15) is 56.1 Å². The summed E-state index contributed by atoms with van der Waals surface area (Å²) in [7, 11) is 0. The Morgan fingerprint density at radius 1 is 1.03 bits per heavy atom. The van der Waals surface area contributed by atoms with Crippen LogP contribution in [0.4, 0.5) is 16.2 Å². The van der Waals surface area contributed by atoms with Crippen molar-refractivity contribution >= 4 is 23.4 Å². The van der Waals surface area contributed by atoms with Gasteiger partial charge in [-0.3, -0.25) is 15.1 Å². The van der Waals surface area contributed by atoms with Crippen LogP contribution in [-0.4, -0.2) is 53.7 Å². The number of aromatic nitrogens is 1. The number of carbonyl (C=O) groups excluding carboxylic acids is 2. The van der Waals surface area contributed by atoms with Crippen LogP contribution in [0.2, 0.25) is 0 Å². The van der Waals surface area contributed by atoms with Crippen LogP contribution in [0.15, 0.2) is 42.6 Å². The molecule has 1 saturated heterocycles. The molecule has 0 saturated carbocycles. The second-order valence-corrected chi connectivity index (χ2v) is 9.26. The zero-order valence-electron chi connectivity index (χ0n) is 19.8. The number of hydrogen-bond donors (Lipinski definition) is 3. The number of amides is 2. The van der Waals surface area contributed by atoms with Gasteiger partial charge in [0.15, 0.2) is 0 Å². The molecule has 2 heterocycles. The summed E-state index contributed by atoms with van der Waals surface area (Å²) in [5.74, 6) is -0.349. The maximum absolute atomic E-state index is 12.7. The van der Waals surface area contributed by atoms with Gasteiger partial charge in [0.05, 0.1) is 11.4 Å². The highest BCUT2D eigenvalue weighted by Gasteiger charge is 2.18. The largest absolute Gasteiger partial charge is 0.444 e. The van der Waals surface area contributed by atoms with Gasteiger partial charge in [0, 0.05) is 12.7 Å². The third kappa shape index (κ3) is 8.47. The molecule has 2 amide bonds. The highest BCUT2D eigenvalue weighted by Crippen LogP contribution is 2.22. The van der Waals surface area contributed by atoms with Gasteiger partial charge >= 0.3 is 6.09 Å². The number of anilines is 2. The highest BCUT2D eigenvalue weighted by molar-refractivity contribution is 6.05. The standard InChI is InChI=1S/C25H35N5O3/c1-25(2,3)33-24(32)29-21-10-5-4-9-20(21)28-23(31)22-12-11-19(18-27-22)17-26-13-8-16-30-14-6-7-15-30/h4-5,9-12,18,26H,6-8,13-17H2,1-3H3,(H,28,31)(H,29,32). The Hall–Kier alpha value is -2.97. The van der Waals surface area contributed by atoms with Gasteiger partial charge in [-0.1, -0.05) is 18.2 Å². The lowest BCUT2D eigenvalue weighted by atomic mass is 10.2. The topological polar surface area (TPSA) is 95.6 Å². The zero-order chi connectivity index (χ0) is 23.7. The summed E-state index contributed by atoms with van der Waals surface area (Å²) in [6.07, 6.45) is 4.91. The van der Waals surface area contributed by atoms with E-state index in [9.17, 15) is 9.59 Å². The molecule has 3 N–H and O–H groups in total. The molecule has 33 heavy (non-hydrogen) atoms. The van der Waals surface area contributed by atoms with Crippen molar-refractivity contribution in [2.45, 2.75) is 52.2 Å². The van der Waals surface area contributed by atoms with E-state index in [1.807, 2.05) is 6.07 Å². The molecule has 0 atom stereocenters. The van der Waals surface area contributed by atoms with Crippen molar-refractivity contribution in [3.63, 3.8) is 0 Å². The second kappa shape index (κ2) is 11.8. The molecule has 1 aliphatic heterocycles. The number of pyridine rings is 1. The highest BCUT2D eigenvalue weighted by atomic mass is 16.6. The van der Waals surface area contributed by atoms with Gasteiger partial charge in [-0.05, 0) is 90.0 Å². The number of ether oxygens (including phenoxy) is 1. The first-order valence-corrected chi connectivity index (χ1v) is 11.6. The number of likely N-dealkylation sites (tertiary alicyclic amines) is 1. The Balaban J connectivity index is 1.47. The van der Waals surface area contributed by atoms with Crippen LogP contribution in [0.5, 0.6) is 0 Å². The van der Waals surface area contributed by atoms with Gasteiger partial charge in [-0.2, -0.15) is 0 Å². The number of para-hydroxylation sites is 2. The Kier molecular flexibility index (Phi) is 8.79. The quantitative estimate of drug-likeness (QED) is 0.491. The van der Waals surface area contributed by atoms with Crippen molar-refractivity contribution in [2.75, 3.05) is 36.8 Å². The molecule has 3 rings (SSSR count). The van der Waals surface area contributed by atoms with Gasteiger partial charge in [-0.25, -0.2) is 4.79 Å². The van der Waals surface area contributed by atoms with Crippen LogP contribution >= 0.6 is 0 Å². The number of nitrogens with zero attached hydrogens (tertiary/aromatic N) is 2. The van der Waals surface area contributed by atoms with Crippen LogP contribution in [0.3, 0.4) is 0 Å². The van der Waals surface area contributed by atoms with E-state index in [1.54, 1.807) is 57.3 Å². The van der Waals surface area contributed by atoms with E-state index in [1.165, 1.54) is 25.9 Å². The maximum Gasteiger partial charge on any atom is 0.412 e. The van der Waals surface area contributed by atoms with Crippen molar-refractivity contribution < 1.29 is 14.3 Å². The number of carbonyl (C=O) groups is 2. The summed E-state index contributed by atoms with van der Waals surface area (Å²) in [6.45, 7) is 10.7. The minimum atomic E-state index is -0.614. The van der Waals surface area contributed by atoms with Crippen molar-refractivity contribution in [3.8, 4) is 0 Å². The summed E-state index contributed by atoms with van der Waals surface area (Å²) in [4.78, 5) is 31.6. The average Bonchev–Trinajstić information content (AvgIpc) is 3.27. The zero-order valence-corrected chi connectivity index (χ0v) is 19.8. The van der Waals surface area contributed by atoms with Crippen LogP contribution in [0, 0.1) is 0 Å². The first kappa shape index (κ1) is 24.7. The number of hydrogen-bond acceptors (Lipinski definition) is 6. The molecule has 0 unspecified atom stereocenters. The molecule has 0 aliphatic carbocycles. The predicted molar refractivity (Wildman–Crippen MR) is 130 cm³/mol. The van der Waals surface area contributed by atoms with Crippen molar-refractivity contribution in [2.24, 2.45) is 0 Å². The van der Waals surface area contributed by atoms with Gasteiger partial charge in [0.1, 0.15) is 11.3 Å². The van der Waals surface area contributed by atoms with E-state index < -0.39 is 11.7 Å². The molecule has 178 valence electrons. The van der Waals surface area contributed by atoms with Crippen LogP contribution < -0.4 is 16.0 Å². The van der Waals surface area contributed by atoms with Crippen LogP contribution in [-0.2, 0) is 11.3 Å². The monoisotopic (exact) mass is 453 g/mol. The summed E-state index contributed by atoms with van der Waals surface area (Å²) < 4.78 is 5.29. The maximum atomic E-state index is 12.7. The first-order valence-electron chi connectivity index (χ1n) is 11.6. The third-order valence-corrected chi connectivity index (χ3v) is 5.22. The molecular formula is C25H35N5O3. The lowest BCUT2D eigenvalue weighted by Crippen LogP contribution is -2.27. The van der Waals surface area contributed by atoms with E-state index >= 15 is 0 Å². The molecule has 2 aromatic rings. The number of nitrogens with one attached hydrogen (secondary N) is 3. The molecule has 1 aromatic carbocycles. The minimum absolute atomic E-state index is 0.305. The first-order chi connectivity index (χ1) is 15.8. The van der Waals surface area contributed by atoms with Crippen molar-refractivity contribution in [3.05, 3.63) is 53.9 Å². The summed E-state index contributed by atoms with van der Waals surface area (Å²) in [5, 5.41) is 8.92. The second-order valence-electron chi connectivity index (χ2n) is 9.26. The fourth-order valence-electron chi connectivity index (χ4n) is 3.63. The Labute approximate surface area is 196 Å². The Morgan fingerprint density at radius 2 is 1.73 bits per heavy atom. The fraction of sp³-hybridized carbons (Fsp3) is 0.480. The summed E-state index contributed by atoms with van der Waals surface area (Å²) in [5.41, 5.74) is 1.64. The summed E-state index contributed by atoms with van der Waals surface area (Å²) in [6, 6.07) is 10.6. The van der Waals surface area contributed by atoms with Gasteiger partial charge < -0.3 is 20.3 Å². The summed E-state index contributed by atoms with van der Waals surface area (Å²) >= 11 is 0. The van der Waals surface area contributed by atoms with E-state index in [0.717, 1.165) is 31.6 Å². The van der Waals surface area contributed by atoms with E-state index in [0.29, 0.717) is 17.1 Å². The third-order valence-electron chi connectivity index (χ3n) is 5.22. The predicted octanol–water partition coefficient (Wildman–Crippen LogP) is 4.26. The SMILES string of the molecule is CC(C)(C)OC(=O)Nc1ccccc1NC(=O)c1ccc(CNCCCN2CCCC2)cn1. The molecular weight excluding hydrogens is 418 g/mol.